The maximum Gasteiger partial charge on any atom is 0.437 e. The van der Waals surface area contributed by atoms with Gasteiger partial charge in [-0.05, 0) is 46.9 Å². The fraction of sp³-hybridized carbons (Fsp3) is 0.250. The second-order valence-corrected chi connectivity index (χ2v) is 9.20. The highest BCUT2D eigenvalue weighted by atomic mass is 32.1. The highest BCUT2D eigenvalue weighted by Gasteiger charge is 2.65. The molecule has 2 heterocycles. The summed E-state index contributed by atoms with van der Waals surface area (Å²) in [6, 6.07) is 15.6. The topological polar surface area (TPSA) is 79.8 Å². The monoisotopic (exact) mass is 522 g/mol. The Hall–Kier alpha value is -3.15. The predicted octanol–water partition coefficient (Wildman–Crippen LogP) is 4.60. The van der Waals surface area contributed by atoms with Crippen LogP contribution in [-0.4, -0.2) is 35.0 Å². The van der Waals surface area contributed by atoms with Gasteiger partial charge in [-0.25, -0.2) is 0 Å². The third-order valence-corrected chi connectivity index (χ3v) is 6.74. The van der Waals surface area contributed by atoms with Gasteiger partial charge in [0.05, 0.1) is 18.0 Å². The largest absolute Gasteiger partial charge is 0.493 e. The quantitative estimate of drug-likeness (QED) is 0.309. The number of alkyl halides is 3. The molecule has 0 saturated carbocycles. The van der Waals surface area contributed by atoms with Crippen LogP contribution >= 0.6 is 23.6 Å². The summed E-state index contributed by atoms with van der Waals surface area (Å²) in [5.74, 6) is -2.24. The van der Waals surface area contributed by atoms with Gasteiger partial charge >= 0.3 is 6.18 Å². The molecule has 184 valence electrons. The van der Waals surface area contributed by atoms with Crippen LogP contribution in [0.3, 0.4) is 0 Å². The zero-order chi connectivity index (χ0) is 25.2. The molecule has 0 amide bonds. The SMILES string of the molecule is COc1cc(C2NC(=S)NC(O)(C(F)(F)F)C2C(=O)c2cccs2)ccc1OCc1ccccc1. The van der Waals surface area contributed by atoms with Crippen molar-refractivity contribution in [2.75, 3.05) is 7.11 Å². The van der Waals surface area contributed by atoms with Crippen molar-refractivity contribution in [3.63, 3.8) is 0 Å². The Morgan fingerprint density at radius 1 is 1.14 bits per heavy atom. The van der Waals surface area contributed by atoms with Crippen LogP contribution in [0, 0.1) is 5.92 Å². The normalized spacial score (nSPS) is 22.1. The van der Waals surface area contributed by atoms with E-state index in [2.05, 4.69) is 5.32 Å². The minimum atomic E-state index is -5.20. The maximum atomic E-state index is 14.1. The number of ketones is 1. The number of carbonyl (C=O) groups is 1. The lowest BCUT2D eigenvalue weighted by Crippen LogP contribution is -2.72. The number of Topliss-reactive ketones (excluding diaryl/α,β-unsaturated/α-hetero) is 1. The summed E-state index contributed by atoms with van der Waals surface area (Å²) in [6.45, 7) is 0.250. The van der Waals surface area contributed by atoms with Gasteiger partial charge in [0.1, 0.15) is 12.5 Å². The summed E-state index contributed by atoms with van der Waals surface area (Å²) < 4.78 is 53.6. The van der Waals surface area contributed by atoms with E-state index in [1.807, 2.05) is 35.6 Å². The summed E-state index contributed by atoms with van der Waals surface area (Å²) in [6.07, 6.45) is -5.20. The molecule has 0 aliphatic carbocycles. The summed E-state index contributed by atoms with van der Waals surface area (Å²) in [5.41, 5.74) is -2.41. The molecular weight excluding hydrogens is 501 g/mol. The second kappa shape index (κ2) is 9.84. The number of thiophene rings is 1. The molecule has 1 aliphatic rings. The smallest absolute Gasteiger partial charge is 0.437 e. The molecule has 3 N–H and O–H groups in total. The molecule has 6 nitrogen and oxygen atoms in total. The zero-order valence-electron chi connectivity index (χ0n) is 18.3. The third kappa shape index (κ3) is 4.97. The van der Waals surface area contributed by atoms with Gasteiger partial charge in [-0.2, -0.15) is 13.2 Å². The van der Waals surface area contributed by atoms with Gasteiger partial charge in [0.15, 0.2) is 22.4 Å². The minimum absolute atomic E-state index is 0.0777. The van der Waals surface area contributed by atoms with Gasteiger partial charge in [-0.15, -0.1) is 11.3 Å². The van der Waals surface area contributed by atoms with Crippen molar-refractivity contribution in [2.24, 2.45) is 5.92 Å². The Bertz CT molecular complexity index is 1210. The van der Waals surface area contributed by atoms with Gasteiger partial charge in [-0.3, -0.25) is 4.79 Å². The number of carbonyl (C=O) groups excluding carboxylic acids is 1. The summed E-state index contributed by atoms with van der Waals surface area (Å²) in [4.78, 5) is 13.3. The molecule has 0 bridgehead atoms. The lowest BCUT2D eigenvalue weighted by Gasteiger charge is -2.46. The highest BCUT2D eigenvalue weighted by Crippen LogP contribution is 2.45. The van der Waals surface area contributed by atoms with Gasteiger partial charge < -0.3 is 25.2 Å². The Kier molecular flexibility index (Phi) is 7.02. The van der Waals surface area contributed by atoms with Crippen LogP contribution in [0.15, 0.2) is 66.0 Å². The number of thiocarbonyl (C=S) groups is 1. The van der Waals surface area contributed by atoms with Crippen LogP contribution in [0.25, 0.3) is 0 Å². The van der Waals surface area contributed by atoms with Crippen LogP contribution < -0.4 is 20.1 Å². The number of hydrogen-bond acceptors (Lipinski definition) is 6. The van der Waals surface area contributed by atoms with Crippen molar-refractivity contribution in [1.82, 2.24) is 10.6 Å². The van der Waals surface area contributed by atoms with Gasteiger partial charge in [0.25, 0.3) is 0 Å². The van der Waals surface area contributed by atoms with E-state index < -0.39 is 34.8 Å². The molecule has 4 rings (SSSR count). The van der Waals surface area contributed by atoms with E-state index in [-0.39, 0.29) is 22.8 Å². The molecule has 1 aromatic heterocycles. The van der Waals surface area contributed by atoms with Crippen molar-refractivity contribution < 1.29 is 32.5 Å². The van der Waals surface area contributed by atoms with E-state index in [0.29, 0.717) is 5.75 Å². The molecule has 0 spiro atoms. The first-order chi connectivity index (χ1) is 16.6. The summed E-state index contributed by atoms with van der Waals surface area (Å²) in [7, 11) is 1.40. The molecule has 0 radical (unpaired) electrons. The second-order valence-electron chi connectivity index (χ2n) is 7.84. The minimum Gasteiger partial charge on any atom is -0.493 e. The molecule has 3 unspecified atom stereocenters. The predicted molar refractivity (Wildman–Crippen MR) is 129 cm³/mol. The Balaban J connectivity index is 1.72. The summed E-state index contributed by atoms with van der Waals surface area (Å²) >= 11 is 5.96. The fourth-order valence-corrected chi connectivity index (χ4v) is 4.91. The molecule has 3 atom stereocenters. The van der Waals surface area contributed by atoms with E-state index in [1.165, 1.54) is 25.3 Å². The van der Waals surface area contributed by atoms with E-state index in [1.54, 1.807) is 17.5 Å². The van der Waals surface area contributed by atoms with Crippen LogP contribution in [0.1, 0.15) is 26.8 Å². The maximum absolute atomic E-state index is 14.1. The molecule has 3 aromatic rings. The number of rotatable bonds is 7. The van der Waals surface area contributed by atoms with Crippen LogP contribution in [0.2, 0.25) is 0 Å². The van der Waals surface area contributed by atoms with Crippen molar-refractivity contribution in [2.45, 2.75) is 24.6 Å². The number of benzene rings is 2. The third-order valence-electron chi connectivity index (χ3n) is 5.64. The number of ether oxygens (including phenoxy) is 2. The van der Waals surface area contributed by atoms with E-state index >= 15 is 0 Å². The van der Waals surface area contributed by atoms with E-state index in [9.17, 15) is 23.1 Å². The molecule has 1 fully saturated rings. The molecular formula is C24H21F3N2O4S2. The average Bonchev–Trinajstić information content (AvgIpc) is 3.37. The molecule has 11 heteroatoms. The lowest BCUT2D eigenvalue weighted by atomic mass is 9.78. The van der Waals surface area contributed by atoms with Crippen molar-refractivity contribution in [3.8, 4) is 11.5 Å². The number of hydrogen-bond donors (Lipinski definition) is 3. The molecule has 2 aromatic carbocycles. The fourth-order valence-electron chi connectivity index (χ4n) is 3.92. The number of aliphatic hydroxyl groups is 1. The molecule has 35 heavy (non-hydrogen) atoms. The van der Waals surface area contributed by atoms with Gasteiger partial charge in [0.2, 0.25) is 5.72 Å². The number of halogens is 3. The van der Waals surface area contributed by atoms with Crippen molar-refractivity contribution in [1.29, 1.82) is 0 Å². The Labute approximate surface area is 208 Å². The molecule has 1 saturated heterocycles. The average molecular weight is 523 g/mol. The number of methoxy groups -OCH3 is 1. The Morgan fingerprint density at radius 3 is 2.51 bits per heavy atom. The van der Waals surface area contributed by atoms with Crippen LogP contribution in [-0.2, 0) is 6.61 Å². The van der Waals surface area contributed by atoms with E-state index in [0.717, 1.165) is 16.9 Å². The molecule has 1 aliphatic heterocycles. The first-order valence-electron chi connectivity index (χ1n) is 10.4. The highest BCUT2D eigenvalue weighted by molar-refractivity contribution is 7.80. The lowest BCUT2D eigenvalue weighted by molar-refractivity contribution is -0.285. The van der Waals surface area contributed by atoms with Crippen molar-refractivity contribution in [3.05, 3.63) is 82.0 Å². The standard InChI is InChI=1S/C24H21F3N2O4S2/c1-32-17-12-15(9-10-16(17)33-13-14-6-3-2-4-7-14)20-19(21(30)18-8-5-11-35-18)23(31,24(25,26)27)29-22(34)28-20/h2-12,19-20,31H,13H2,1H3,(H2,28,29,34). The van der Waals surface area contributed by atoms with Crippen LogP contribution in [0.5, 0.6) is 11.5 Å². The Morgan fingerprint density at radius 2 is 1.89 bits per heavy atom. The summed E-state index contributed by atoms with van der Waals surface area (Å²) in [5, 5.41) is 16.5. The van der Waals surface area contributed by atoms with Gasteiger partial charge in [-0.1, -0.05) is 42.5 Å². The first-order valence-corrected chi connectivity index (χ1v) is 11.7. The van der Waals surface area contributed by atoms with Crippen molar-refractivity contribution >= 4 is 34.5 Å². The van der Waals surface area contributed by atoms with E-state index in [4.69, 9.17) is 21.7 Å². The van der Waals surface area contributed by atoms with Gasteiger partial charge in [0, 0.05) is 0 Å². The van der Waals surface area contributed by atoms with Crippen LogP contribution in [0.4, 0.5) is 13.2 Å². The number of nitrogens with one attached hydrogen (secondary N) is 2. The first kappa shape index (κ1) is 25.0. The zero-order valence-corrected chi connectivity index (χ0v) is 20.0.